The average Bonchev–Trinajstić information content (AvgIpc) is 2.95. The predicted octanol–water partition coefficient (Wildman–Crippen LogP) is 4.98. The van der Waals surface area contributed by atoms with Gasteiger partial charge in [0.2, 0.25) is 11.8 Å². The molecule has 6 rings (SSSR count). The Labute approximate surface area is 137 Å². The third kappa shape index (κ3) is 2.02. The molecule has 4 fully saturated rings. The molecule has 4 saturated carbocycles. The summed E-state index contributed by atoms with van der Waals surface area (Å²) in [4.78, 5) is 0. The molecule has 4 aliphatic carbocycles. The lowest BCUT2D eigenvalue weighted by Crippen LogP contribution is -2.57. The third-order valence-electron chi connectivity index (χ3n) is 6.53. The van der Waals surface area contributed by atoms with Crippen molar-refractivity contribution in [3.8, 4) is 11.5 Å². The van der Waals surface area contributed by atoms with E-state index in [4.69, 9.17) is 4.42 Å². The summed E-state index contributed by atoms with van der Waals surface area (Å²) in [5, 5.41) is 8.90. The zero-order chi connectivity index (χ0) is 15.7. The summed E-state index contributed by atoms with van der Waals surface area (Å²) >= 11 is 0. The number of hydrogen-bond acceptors (Lipinski definition) is 3. The molecule has 4 bridgehead atoms. The van der Waals surface area contributed by atoms with Crippen molar-refractivity contribution in [3.05, 3.63) is 36.2 Å². The first-order valence-electron chi connectivity index (χ1n) is 8.87. The topological polar surface area (TPSA) is 38.9 Å². The fourth-order valence-corrected chi connectivity index (χ4v) is 6.82. The van der Waals surface area contributed by atoms with Crippen molar-refractivity contribution in [3.63, 3.8) is 0 Å². The van der Waals surface area contributed by atoms with Crippen LogP contribution in [0.2, 0.25) is 0 Å². The van der Waals surface area contributed by atoms with Crippen LogP contribution in [0.15, 0.2) is 34.7 Å². The minimum atomic E-state index is 0.128. The van der Waals surface area contributed by atoms with Gasteiger partial charge >= 0.3 is 0 Å². The first-order chi connectivity index (χ1) is 11.0. The summed E-state index contributed by atoms with van der Waals surface area (Å²) < 4.78 is 6.22. The maximum Gasteiger partial charge on any atom is 0.247 e. The van der Waals surface area contributed by atoms with Gasteiger partial charge in [-0.05, 0) is 67.4 Å². The van der Waals surface area contributed by atoms with E-state index in [0.717, 1.165) is 17.4 Å². The van der Waals surface area contributed by atoms with Crippen molar-refractivity contribution in [2.45, 2.75) is 57.8 Å². The predicted molar refractivity (Wildman–Crippen MR) is 88.8 cm³/mol. The molecule has 23 heavy (non-hydrogen) atoms. The van der Waals surface area contributed by atoms with E-state index in [0.29, 0.717) is 16.7 Å². The van der Waals surface area contributed by atoms with E-state index in [9.17, 15) is 0 Å². The van der Waals surface area contributed by atoms with Gasteiger partial charge in [0.25, 0.3) is 0 Å². The Bertz CT molecular complexity index is 732. The molecule has 1 aromatic carbocycles. The van der Waals surface area contributed by atoms with Gasteiger partial charge in [-0.3, -0.25) is 0 Å². The first-order valence-corrected chi connectivity index (χ1v) is 8.87. The van der Waals surface area contributed by atoms with E-state index in [-0.39, 0.29) is 5.41 Å². The number of benzene rings is 1. The second kappa shape index (κ2) is 4.25. The third-order valence-corrected chi connectivity index (χ3v) is 6.53. The summed E-state index contributed by atoms with van der Waals surface area (Å²) in [5.41, 5.74) is 2.09. The fourth-order valence-electron chi connectivity index (χ4n) is 6.82. The molecule has 4 aliphatic rings. The van der Waals surface area contributed by atoms with Crippen LogP contribution in [0.5, 0.6) is 0 Å². The second-order valence-corrected chi connectivity index (χ2v) is 9.19. The molecule has 1 aromatic heterocycles. The van der Waals surface area contributed by atoms with Crippen LogP contribution < -0.4 is 0 Å². The molecule has 0 amide bonds. The monoisotopic (exact) mass is 308 g/mol. The van der Waals surface area contributed by atoms with Crippen LogP contribution in [0.4, 0.5) is 0 Å². The summed E-state index contributed by atoms with van der Waals surface area (Å²) in [6.07, 6.45) is 7.85. The van der Waals surface area contributed by atoms with Crippen LogP contribution in [0, 0.1) is 16.7 Å². The maximum atomic E-state index is 6.22. The fraction of sp³-hybridized carbons (Fsp3) is 0.600. The van der Waals surface area contributed by atoms with Crippen molar-refractivity contribution >= 4 is 0 Å². The molecule has 2 atom stereocenters. The lowest BCUT2D eigenvalue weighted by molar-refractivity contribution is -0.117. The van der Waals surface area contributed by atoms with Gasteiger partial charge in [-0.2, -0.15) is 0 Å². The average molecular weight is 308 g/mol. The molecular formula is C20H24N2O. The van der Waals surface area contributed by atoms with E-state index in [1.54, 1.807) is 0 Å². The van der Waals surface area contributed by atoms with E-state index in [1.807, 2.05) is 30.3 Å². The molecular weight excluding hydrogens is 284 g/mol. The molecule has 2 aromatic rings. The van der Waals surface area contributed by atoms with Crippen LogP contribution in [0.3, 0.4) is 0 Å². The Morgan fingerprint density at radius 1 is 0.913 bits per heavy atom. The van der Waals surface area contributed by atoms with Crippen molar-refractivity contribution in [1.29, 1.82) is 0 Å². The lowest BCUT2D eigenvalue weighted by Gasteiger charge is -2.64. The van der Waals surface area contributed by atoms with E-state index < -0.39 is 0 Å². The molecule has 0 aliphatic heterocycles. The molecule has 0 N–H and O–H groups in total. The van der Waals surface area contributed by atoms with Crippen LogP contribution in [0.1, 0.15) is 58.3 Å². The van der Waals surface area contributed by atoms with Crippen LogP contribution >= 0.6 is 0 Å². The highest BCUT2D eigenvalue weighted by Gasteiger charge is 2.62. The van der Waals surface area contributed by atoms with Crippen molar-refractivity contribution in [2.24, 2.45) is 16.7 Å². The van der Waals surface area contributed by atoms with Crippen LogP contribution in [0.25, 0.3) is 11.5 Å². The van der Waals surface area contributed by atoms with Crippen LogP contribution in [-0.2, 0) is 5.41 Å². The first kappa shape index (κ1) is 13.8. The van der Waals surface area contributed by atoms with Crippen molar-refractivity contribution in [2.75, 3.05) is 0 Å². The highest BCUT2D eigenvalue weighted by atomic mass is 16.4. The van der Waals surface area contributed by atoms with Gasteiger partial charge in [0.05, 0.1) is 0 Å². The van der Waals surface area contributed by atoms with Gasteiger partial charge in [-0.25, -0.2) is 0 Å². The Hall–Kier alpha value is -1.64. The highest BCUT2D eigenvalue weighted by molar-refractivity contribution is 5.51. The molecule has 0 radical (unpaired) electrons. The number of rotatable bonds is 2. The van der Waals surface area contributed by atoms with E-state index in [1.165, 1.54) is 38.5 Å². The molecule has 3 heteroatoms. The largest absolute Gasteiger partial charge is 0.420 e. The van der Waals surface area contributed by atoms with Crippen LogP contribution in [-0.4, -0.2) is 10.2 Å². The van der Waals surface area contributed by atoms with Gasteiger partial charge in [-0.15, -0.1) is 10.2 Å². The number of hydrogen-bond donors (Lipinski definition) is 0. The normalized spacial score (nSPS) is 41.4. The molecule has 0 spiro atoms. The van der Waals surface area contributed by atoms with Gasteiger partial charge in [0, 0.05) is 11.0 Å². The minimum Gasteiger partial charge on any atom is -0.420 e. The zero-order valence-corrected chi connectivity index (χ0v) is 14.0. The quantitative estimate of drug-likeness (QED) is 0.785. The standard InChI is InChI=1S/C20H24N2O/c1-18-8-14-9-19(2,11-18)13-20(10-14,12-18)17-22-21-16(23-17)15-6-4-3-5-7-15/h3-7,14H,8-13H2,1-2H3. The lowest BCUT2D eigenvalue weighted by atomic mass is 9.40. The molecule has 2 unspecified atom stereocenters. The summed E-state index contributed by atoms with van der Waals surface area (Å²) in [7, 11) is 0. The summed E-state index contributed by atoms with van der Waals surface area (Å²) in [5.74, 6) is 2.41. The SMILES string of the molecule is CC12CC3CC(C)(C1)CC(c1nnc(-c4ccccc4)o1)(C3)C2. The Morgan fingerprint density at radius 3 is 2.26 bits per heavy atom. The van der Waals surface area contributed by atoms with Gasteiger partial charge in [-0.1, -0.05) is 32.0 Å². The Morgan fingerprint density at radius 2 is 1.61 bits per heavy atom. The Balaban J connectivity index is 1.56. The van der Waals surface area contributed by atoms with E-state index >= 15 is 0 Å². The molecule has 1 heterocycles. The zero-order valence-electron chi connectivity index (χ0n) is 14.0. The minimum absolute atomic E-state index is 0.128. The van der Waals surface area contributed by atoms with Crippen molar-refractivity contribution < 1.29 is 4.42 Å². The molecule has 0 saturated heterocycles. The number of nitrogens with zero attached hydrogens (tertiary/aromatic N) is 2. The number of aromatic nitrogens is 2. The van der Waals surface area contributed by atoms with Gasteiger partial charge in [0.15, 0.2) is 0 Å². The second-order valence-electron chi connectivity index (χ2n) is 9.19. The molecule has 3 nitrogen and oxygen atoms in total. The maximum absolute atomic E-state index is 6.22. The summed E-state index contributed by atoms with van der Waals surface area (Å²) in [6.45, 7) is 4.97. The molecule has 120 valence electrons. The highest BCUT2D eigenvalue weighted by Crippen LogP contribution is 2.69. The van der Waals surface area contributed by atoms with E-state index in [2.05, 4.69) is 24.0 Å². The Kier molecular flexibility index (Phi) is 2.55. The van der Waals surface area contributed by atoms with Crippen molar-refractivity contribution in [1.82, 2.24) is 10.2 Å². The smallest absolute Gasteiger partial charge is 0.247 e. The summed E-state index contributed by atoms with van der Waals surface area (Å²) in [6, 6.07) is 10.1. The van der Waals surface area contributed by atoms with Gasteiger partial charge in [0.1, 0.15) is 0 Å². The van der Waals surface area contributed by atoms with Gasteiger partial charge < -0.3 is 4.42 Å².